The van der Waals surface area contributed by atoms with E-state index in [-0.39, 0.29) is 23.8 Å². The Kier molecular flexibility index (Phi) is 4.02. The van der Waals surface area contributed by atoms with Crippen molar-refractivity contribution in [1.82, 2.24) is 4.90 Å². The molecule has 1 spiro atoms. The van der Waals surface area contributed by atoms with Crippen molar-refractivity contribution in [3.8, 4) is 0 Å². The Balaban J connectivity index is 1.57. The van der Waals surface area contributed by atoms with Crippen molar-refractivity contribution in [3.05, 3.63) is 57.0 Å². The fourth-order valence-corrected chi connectivity index (χ4v) is 6.80. The van der Waals surface area contributed by atoms with Crippen LogP contribution in [0.2, 0.25) is 5.02 Å². The van der Waals surface area contributed by atoms with Crippen LogP contribution in [0.4, 0.5) is 11.4 Å². The Morgan fingerprint density at radius 3 is 2.74 bits per heavy atom. The van der Waals surface area contributed by atoms with Gasteiger partial charge in [-0.15, -0.1) is 0 Å². The van der Waals surface area contributed by atoms with E-state index in [0.29, 0.717) is 22.9 Å². The Labute approximate surface area is 192 Å². The number of amides is 3. The number of anilines is 2. The third-order valence-corrected chi connectivity index (χ3v) is 8.33. The Hall–Kier alpha value is -2.22. The quantitative estimate of drug-likeness (QED) is 0.604. The summed E-state index contributed by atoms with van der Waals surface area (Å²) < 4.78 is 0.786. The molecule has 6 rings (SSSR count). The predicted octanol–water partition coefficient (Wildman–Crippen LogP) is 3.84. The van der Waals surface area contributed by atoms with Crippen LogP contribution in [0.3, 0.4) is 0 Å². The summed E-state index contributed by atoms with van der Waals surface area (Å²) in [6.07, 6.45) is 1.69. The van der Waals surface area contributed by atoms with Crippen LogP contribution in [0.5, 0.6) is 0 Å². The number of hydrogen-bond acceptors (Lipinski definition) is 4. The third kappa shape index (κ3) is 2.24. The summed E-state index contributed by atoms with van der Waals surface area (Å²) in [6, 6.07) is 10.7. The van der Waals surface area contributed by atoms with Crippen LogP contribution in [0.1, 0.15) is 24.0 Å². The second-order valence-corrected chi connectivity index (χ2v) is 10.0. The Morgan fingerprint density at radius 1 is 1.16 bits per heavy atom. The van der Waals surface area contributed by atoms with Crippen molar-refractivity contribution in [3.63, 3.8) is 0 Å². The summed E-state index contributed by atoms with van der Waals surface area (Å²) in [6.45, 7) is 2.55. The van der Waals surface area contributed by atoms with Crippen LogP contribution in [-0.4, -0.2) is 35.2 Å². The van der Waals surface area contributed by atoms with Gasteiger partial charge < -0.3 is 5.32 Å². The number of rotatable bonds is 1. The fraction of sp³-hybridized carbons (Fsp3) is 0.348. The molecule has 3 amide bonds. The average Bonchev–Trinajstić information content (AvgIpc) is 3.43. The number of halogens is 2. The van der Waals surface area contributed by atoms with Gasteiger partial charge in [-0.05, 0) is 56.1 Å². The van der Waals surface area contributed by atoms with E-state index in [1.165, 1.54) is 4.90 Å². The molecule has 4 atom stereocenters. The van der Waals surface area contributed by atoms with E-state index < -0.39 is 17.4 Å². The number of nitrogens with zero attached hydrogens (tertiary/aromatic N) is 2. The highest BCUT2D eigenvalue weighted by Crippen LogP contribution is 2.61. The number of hydrogen-bond donors (Lipinski definition) is 1. The molecule has 0 bridgehead atoms. The summed E-state index contributed by atoms with van der Waals surface area (Å²) in [5.74, 6) is -2.05. The predicted molar refractivity (Wildman–Crippen MR) is 120 cm³/mol. The zero-order valence-electron chi connectivity index (χ0n) is 16.7. The van der Waals surface area contributed by atoms with E-state index in [1.807, 2.05) is 19.1 Å². The molecule has 0 radical (unpaired) electrons. The van der Waals surface area contributed by atoms with Crippen molar-refractivity contribution in [2.24, 2.45) is 11.8 Å². The maximum atomic E-state index is 13.9. The molecule has 158 valence electrons. The number of fused-ring (bicyclic) bond motifs is 7. The van der Waals surface area contributed by atoms with Gasteiger partial charge in [0.25, 0.3) is 0 Å². The molecule has 2 aromatic rings. The first-order valence-corrected chi connectivity index (χ1v) is 11.6. The van der Waals surface area contributed by atoms with Gasteiger partial charge in [-0.2, -0.15) is 0 Å². The van der Waals surface area contributed by atoms with Gasteiger partial charge in [-0.1, -0.05) is 39.7 Å². The minimum Gasteiger partial charge on any atom is -0.324 e. The molecule has 0 saturated carbocycles. The first kappa shape index (κ1) is 19.5. The molecule has 8 heteroatoms. The van der Waals surface area contributed by atoms with Crippen molar-refractivity contribution in [1.29, 1.82) is 0 Å². The largest absolute Gasteiger partial charge is 0.324 e. The smallest absolute Gasteiger partial charge is 0.250 e. The van der Waals surface area contributed by atoms with E-state index in [2.05, 4.69) is 26.1 Å². The van der Waals surface area contributed by atoms with Gasteiger partial charge in [0.05, 0.1) is 23.2 Å². The lowest BCUT2D eigenvalue weighted by Gasteiger charge is -2.36. The van der Waals surface area contributed by atoms with Crippen molar-refractivity contribution in [2.45, 2.75) is 31.3 Å². The monoisotopic (exact) mass is 499 g/mol. The van der Waals surface area contributed by atoms with Crippen molar-refractivity contribution >= 4 is 56.6 Å². The Morgan fingerprint density at radius 2 is 1.97 bits per heavy atom. The van der Waals surface area contributed by atoms with Gasteiger partial charge in [-0.25, -0.2) is 4.90 Å². The maximum Gasteiger partial charge on any atom is 0.250 e. The van der Waals surface area contributed by atoms with E-state index in [1.54, 1.807) is 24.3 Å². The molecular formula is C23H19BrClN3O3. The van der Waals surface area contributed by atoms with Crippen LogP contribution in [0.15, 0.2) is 40.9 Å². The minimum absolute atomic E-state index is 0.133. The highest BCUT2D eigenvalue weighted by Gasteiger charge is 2.74. The number of nitrogens with one attached hydrogen (secondary N) is 1. The number of carbonyl (C=O) groups excluding carboxylic acids is 3. The first-order chi connectivity index (χ1) is 14.9. The van der Waals surface area contributed by atoms with Gasteiger partial charge in [0.2, 0.25) is 17.7 Å². The number of imide groups is 1. The first-order valence-electron chi connectivity index (χ1n) is 10.4. The van der Waals surface area contributed by atoms with Gasteiger partial charge in [0.1, 0.15) is 5.54 Å². The molecule has 2 aromatic carbocycles. The maximum absolute atomic E-state index is 13.9. The lowest BCUT2D eigenvalue weighted by Crippen LogP contribution is -2.54. The molecule has 3 saturated heterocycles. The van der Waals surface area contributed by atoms with Gasteiger partial charge in [0.15, 0.2) is 0 Å². The normalized spacial score (nSPS) is 31.4. The van der Waals surface area contributed by atoms with Crippen LogP contribution >= 0.6 is 27.5 Å². The summed E-state index contributed by atoms with van der Waals surface area (Å²) in [7, 11) is 0. The van der Waals surface area contributed by atoms with E-state index in [9.17, 15) is 14.4 Å². The second kappa shape index (κ2) is 6.40. The standard InChI is InChI=1S/C23H19BrClN3O3/c1-11-15(25)8-7-14-19(11)26-22(31)23(14)18-17(16-6-3-9-27(16)23)20(29)28(21(18)30)13-5-2-4-12(24)10-13/h2,4-5,7-8,10,16-18H,3,6,9H2,1H3,(H,26,31)/t16-,17-,18+,23-/m1/s1. The fourth-order valence-electron chi connectivity index (χ4n) is 6.26. The lowest BCUT2D eigenvalue weighted by atomic mass is 9.75. The van der Waals surface area contributed by atoms with Crippen LogP contribution in [0.25, 0.3) is 0 Å². The average molecular weight is 501 g/mol. The topological polar surface area (TPSA) is 69.7 Å². The molecular weight excluding hydrogens is 482 g/mol. The molecule has 3 fully saturated rings. The zero-order chi connectivity index (χ0) is 21.7. The SMILES string of the molecule is Cc1c(Cl)ccc2c1NC(=O)[C@]21[C@@H]2C(=O)N(c3cccc(Br)c3)C(=O)[C@@H]2[C@H]2CCCN21. The van der Waals surface area contributed by atoms with E-state index in [4.69, 9.17) is 11.6 Å². The summed E-state index contributed by atoms with van der Waals surface area (Å²) in [4.78, 5) is 44.6. The lowest BCUT2D eigenvalue weighted by molar-refractivity contribution is -0.135. The molecule has 4 heterocycles. The zero-order valence-corrected chi connectivity index (χ0v) is 19.0. The molecule has 6 nitrogen and oxygen atoms in total. The molecule has 1 N–H and O–H groups in total. The highest BCUT2D eigenvalue weighted by molar-refractivity contribution is 9.10. The Bertz CT molecular complexity index is 1200. The van der Waals surface area contributed by atoms with E-state index in [0.717, 1.165) is 28.4 Å². The van der Waals surface area contributed by atoms with Gasteiger partial charge in [0, 0.05) is 21.1 Å². The summed E-state index contributed by atoms with van der Waals surface area (Å²) >= 11 is 9.76. The van der Waals surface area contributed by atoms with Crippen LogP contribution in [0, 0.1) is 18.8 Å². The van der Waals surface area contributed by atoms with E-state index >= 15 is 0 Å². The highest BCUT2D eigenvalue weighted by atomic mass is 79.9. The molecule has 4 aliphatic rings. The molecule has 0 aromatic heterocycles. The van der Waals surface area contributed by atoms with Crippen LogP contribution < -0.4 is 10.2 Å². The molecule has 0 unspecified atom stereocenters. The molecule has 4 aliphatic heterocycles. The molecule has 0 aliphatic carbocycles. The van der Waals surface area contributed by atoms with Crippen molar-refractivity contribution in [2.75, 3.05) is 16.8 Å². The van der Waals surface area contributed by atoms with Crippen molar-refractivity contribution < 1.29 is 14.4 Å². The van der Waals surface area contributed by atoms with Gasteiger partial charge >= 0.3 is 0 Å². The minimum atomic E-state index is -1.18. The number of carbonyl (C=O) groups is 3. The molecule has 31 heavy (non-hydrogen) atoms. The van der Waals surface area contributed by atoms with Gasteiger partial charge in [-0.3, -0.25) is 19.3 Å². The van der Waals surface area contributed by atoms with Crippen LogP contribution in [-0.2, 0) is 19.9 Å². The number of benzene rings is 2. The third-order valence-electron chi connectivity index (χ3n) is 7.43. The summed E-state index contributed by atoms with van der Waals surface area (Å²) in [5.41, 5.74) is 1.57. The summed E-state index contributed by atoms with van der Waals surface area (Å²) in [5, 5.41) is 3.57. The second-order valence-electron chi connectivity index (χ2n) is 8.71.